The average molecular weight is 435 g/mol. The van der Waals surface area contributed by atoms with Gasteiger partial charge in [0.25, 0.3) is 5.91 Å². The molecule has 2 amide bonds. The Morgan fingerprint density at radius 2 is 1.75 bits per heavy atom. The number of hydrogen-bond donors (Lipinski definition) is 2. The van der Waals surface area contributed by atoms with E-state index >= 15 is 0 Å². The topological polar surface area (TPSA) is 72.4 Å². The normalized spacial score (nSPS) is 10.7. The van der Waals surface area contributed by atoms with Crippen LogP contribution in [0.25, 0.3) is 10.9 Å². The van der Waals surface area contributed by atoms with E-state index in [1.807, 2.05) is 18.3 Å². The van der Waals surface area contributed by atoms with Crippen molar-refractivity contribution in [2.45, 2.75) is 6.54 Å². The number of anilines is 1. The number of fused-ring (bicyclic) bond motifs is 1. The lowest BCUT2D eigenvalue weighted by Gasteiger charge is -2.09. The Kier molecular flexibility index (Phi) is 5.85. The Morgan fingerprint density at radius 3 is 2.47 bits per heavy atom. The van der Waals surface area contributed by atoms with E-state index in [1.54, 1.807) is 35.9 Å². The molecule has 0 saturated heterocycles. The van der Waals surface area contributed by atoms with E-state index in [0.717, 1.165) is 23.0 Å². The second-order valence-corrected chi connectivity index (χ2v) is 7.05. The van der Waals surface area contributed by atoms with Gasteiger partial charge < -0.3 is 19.9 Å². The summed E-state index contributed by atoms with van der Waals surface area (Å²) in [4.78, 5) is 24.3. The van der Waals surface area contributed by atoms with Gasteiger partial charge in [0.1, 0.15) is 18.1 Å². The molecule has 0 bridgehead atoms. The van der Waals surface area contributed by atoms with Gasteiger partial charge in [0.15, 0.2) is 11.6 Å². The van der Waals surface area contributed by atoms with E-state index in [2.05, 4.69) is 10.6 Å². The third-order valence-corrected chi connectivity index (χ3v) is 4.86. The number of carbonyl (C=O) groups excluding carboxylic acids is 2. The van der Waals surface area contributed by atoms with Crippen molar-refractivity contribution in [2.24, 2.45) is 0 Å². The summed E-state index contributed by atoms with van der Waals surface area (Å²) in [5.74, 6) is -1.78. The van der Waals surface area contributed by atoms with Gasteiger partial charge in [-0.1, -0.05) is 6.07 Å². The standard InChI is InChI=1S/C24H19F2N3O3/c1-27-23(30)14-29-11-10-15-2-6-18(13-21(15)29)28-24(31)16-3-7-19(8-4-16)32-22-9-5-17(25)12-20(22)26/h2-13H,14H2,1H3,(H,27,30)(H,28,31). The van der Waals surface area contributed by atoms with E-state index in [1.165, 1.54) is 18.2 Å². The van der Waals surface area contributed by atoms with Crippen LogP contribution in [-0.4, -0.2) is 23.4 Å². The molecule has 0 unspecified atom stereocenters. The summed E-state index contributed by atoms with van der Waals surface area (Å²) in [6.45, 7) is 0.174. The summed E-state index contributed by atoms with van der Waals surface area (Å²) < 4.78 is 33.9. The van der Waals surface area contributed by atoms with Gasteiger partial charge in [-0.2, -0.15) is 0 Å². The number of amides is 2. The number of nitrogens with zero attached hydrogens (tertiary/aromatic N) is 1. The summed E-state index contributed by atoms with van der Waals surface area (Å²) in [7, 11) is 1.58. The first-order valence-electron chi connectivity index (χ1n) is 9.77. The number of benzene rings is 3. The molecule has 4 rings (SSSR count). The maximum absolute atomic E-state index is 13.7. The third kappa shape index (κ3) is 4.59. The van der Waals surface area contributed by atoms with Gasteiger partial charge in [-0.05, 0) is 60.0 Å². The van der Waals surface area contributed by atoms with Crippen molar-refractivity contribution in [3.8, 4) is 11.5 Å². The molecule has 0 fully saturated rings. The van der Waals surface area contributed by atoms with E-state index in [0.29, 0.717) is 17.0 Å². The fourth-order valence-corrected chi connectivity index (χ4v) is 3.20. The van der Waals surface area contributed by atoms with Gasteiger partial charge in [-0.3, -0.25) is 9.59 Å². The van der Waals surface area contributed by atoms with Crippen LogP contribution in [0.15, 0.2) is 72.9 Å². The van der Waals surface area contributed by atoms with E-state index in [-0.39, 0.29) is 24.1 Å². The Labute approximate surface area is 182 Å². The molecule has 0 atom stereocenters. The molecule has 2 N–H and O–H groups in total. The molecule has 0 saturated carbocycles. The highest BCUT2D eigenvalue weighted by Gasteiger charge is 2.11. The highest BCUT2D eigenvalue weighted by atomic mass is 19.1. The van der Waals surface area contributed by atoms with Crippen molar-refractivity contribution in [2.75, 3.05) is 12.4 Å². The largest absolute Gasteiger partial charge is 0.454 e. The fraction of sp³-hybridized carbons (Fsp3) is 0.0833. The molecule has 3 aromatic carbocycles. The van der Waals surface area contributed by atoms with Crippen LogP contribution in [0.1, 0.15) is 10.4 Å². The summed E-state index contributed by atoms with van der Waals surface area (Å²) >= 11 is 0. The second-order valence-electron chi connectivity index (χ2n) is 7.05. The molecule has 0 aliphatic carbocycles. The lowest BCUT2D eigenvalue weighted by Crippen LogP contribution is -2.23. The molecule has 32 heavy (non-hydrogen) atoms. The van der Waals surface area contributed by atoms with Crippen LogP contribution in [-0.2, 0) is 11.3 Å². The Balaban J connectivity index is 1.47. The van der Waals surface area contributed by atoms with Gasteiger partial charge in [0.05, 0.1) is 5.52 Å². The van der Waals surface area contributed by atoms with Crippen molar-refractivity contribution in [3.63, 3.8) is 0 Å². The lowest BCUT2D eigenvalue weighted by atomic mass is 10.2. The van der Waals surface area contributed by atoms with Crippen LogP contribution in [0.2, 0.25) is 0 Å². The molecular weight excluding hydrogens is 416 g/mol. The SMILES string of the molecule is CNC(=O)Cn1ccc2ccc(NC(=O)c3ccc(Oc4ccc(F)cc4F)cc3)cc21. The molecule has 0 aliphatic rings. The molecule has 0 aliphatic heterocycles. The Hall–Kier alpha value is -4.20. The predicted molar refractivity (Wildman–Crippen MR) is 117 cm³/mol. The monoisotopic (exact) mass is 435 g/mol. The highest BCUT2D eigenvalue weighted by molar-refractivity contribution is 6.05. The first-order chi connectivity index (χ1) is 15.4. The Morgan fingerprint density at radius 1 is 0.969 bits per heavy atom. The third-order valence-electron chi connectivity index (χ3n) is 4.86. The number of nitrogens with one attached hydrogen (secondary N) is 2. The van der Waals surface area contributed by atoms with Gasteiger partial charge >= 0.3 is 0 Å². The number of ether oxygens (including phenoxy) is 1. The molecule has 1 aromatic heterocycles. The number of rotatable bonds is 6. The average Bonchev–Trinajstić information content (AvgIpc) is 3.18. The van der Waals surface area contributed by atoms with Gasteiger partial charge in [-0.15, -0.1) is 0 Å². The number of halogens is 2. The van der Waals surface area contributed by atoms with Crippen LogP contribution in [0, 0.1) is 11.6 Å². The highest BCUT2D eigenvalue weighted by Crippen LogP contribution is 2.26. The van der Waals surface area contributed by atoms with Crippen LogP contribution in [0.3, 0.4) is 0 Å². The summed E-state index contributed by atoms with van der Waals surface area (Å²) in [5, 5.41) is 6.35. The number of carbonyl (C=O) groups is 2. The molecule has 8 heteroatoms. The number of aromatic nitrogens is 1. The minimum Gasteiger partial charge on any atom is -0.454 e. The maximum atomic E-state index is 13.7. The Bertz CT molecular complexity index is 1300. The van der Waals surface area contributed by atoms with Gasteiger partial charge in [0.2, 0.25) is 5.91 Å². The van der Waals surface area contributed by atoms with E-state index < -0.39 is 11.6 Å². The van der Waals surface area contributed by atoms with E-state index in [4.69, 9.17) is 4.74 Å². The first kappa shape index (κ1) is 21.0. The fourth-order valence-electron chi connectivity index (χ4n) is 3.20. The maximum Gasteiger partial charge on any atom is 0.255 e. The number of likely N-dealkylation sites (N-methyl/N-ethyl adjacent to an activating group) is 1. The molecule has 0 spiro atoms. The molecule has 4 aromatic rings. The minimum absolute atomic E-state index is 0.114. The van der Waals surface area contributed by atoms with Crippen LogP contribution in [0.4, 0.5) is 14.5 Å². The van der Waals surface area contributed by atoms with Crippen LogP contribution >= 0.6 is 0 Å². The zero-order valence-corrected chi connectivity index (χ0v) is 17.1. The zero-order valence-electron chi connectivity index (χ0n) is 17.1. The van der Waals surface area contributed by atoms with Crippen molar-refractivity contribution >= 4 is 28.4 Å². The summed E-state index contributed by atoms with van der Waals surface area (Å²) in [6.07, 6.45) is 1.81. The summed E-state index contributed by atoms with van der Waals surface area (Å²) in [6, 6.07) is 16.5. The smallest absolute Gasteiger partial charge is 0.255 e. The van der Waals surface area contributed by atoms with Crippen molar-refractivity contribution in [3.05, 3.63) is 90.1 Å². The molecular formula is C24H19F2N3O3. The van der Waals surface area contributed by atoms with Gasteiger partial charge in [0, 0.05) is 30.6 Å². The second kappa shape index (κ2) is 8.89. The van der Waals surface area contributed by atoms with E-state index in [9.17, 15) is 18.4 Å². The minimum atomic E-state index is -0.816. The molecule has 162 valence electrons. The van der Waals surface area contributed by atoms with Gasteiger partial charge in [-0.25, -0.2) is 8.78 Å². The van der Waals surface area contributed by atoms with Crippen LogP contribution < -0.4 is 15.4 Å². The number of hydrogen-bond acceptors (Lipinski definition) is 3. The predicted octanol–water partition coefficient (Wildman–Crippen LogP) is 4.71. The van der Waals surface area contributed by atoms with Crippen molar-refractivity contribution < 1.29 is 23.1 Å². The lowest BCUT2D eigenvalue weighted by molar-refractivity contribution is -0.121. The first-order valence-corrected chi connectivity index (χ1v) is 9.77. The quantitative estimate of drug-likeness (QED) is 0.461. The molecule has 6 nitrogen and oxygen atoms in total. The summed E-state index contributed by atoms with van der Waals surface area (Å²) in [5.41, 5.74) is 1.77. The molecule has 1 heterocycles. The van der Waals surface area contributed by atoms with Crippen molar-refractivity contribution in [1.82, 2.24) is 9.88 Å². The molecule has 0 radical (unpaired) electrons. The van der Waals surface area contributed by atoms with Crippen molar-refractivity contribution in [1.29, 1.82) is 0 Å². The van der Waals surface area contributed by atoms with Crippen LogP contribution in [0.5, 0.6) is 11.5 Å². The zero-order chi connectivity index (χ0) is 22.7.